The van der Waals surface area contributed by atoms with Crippen LogP contribution in [0.4, 0.5) is 0 Å². The highest BCUT2D eigenvalue weighted by atomic mass is 16.4. The molecule has 4 nitrogen and oxygen atoms in total. The quantitative estimate of drug-likeness (QED) is 0.729. The zero-order valence-electron chi connectivity index (χ0n) is 7.49. The van der Waals surface area contributed by atoms with Crippen LogP contribution >= 0.6 is 0 Å². The molecule has 0 amide bonds. The van der Waals surface area contributed by atoms with E-state index in [1.54, 1.807) is 19.1 Å². The van der Waals surface area contributed by atoms with Crippen LogP contribution in [0.15, 0.2) is 22.8 Å². The Labute approximate surface area is 76.3 Å². The van der Waals surface area contributed by atoms with Crippen LogP contribution in [0.1, 0.15) is 19.1 Å². The van der Waals surface area contributed by atoms with E-state index in [1.165, 1.54) is 6.26 Å². The monoisotopic (exact) mass is 183 g/mol. The molecule has 0 aromatic carbocycles. The Morgan fingerprint density at radius 3 is 2.85 bits per heavy atom. The maximum atomic E-state index is 11.0. The summed E-state index contributed by atoms with van der Waals surface area (Å²) in [6.45, 7) is 1.94. The molecule has 0 bridgehead atoms. The number of furan rings is 1. The summed E-state index contributed by atoms with van der Waals surface area (Å²) < 4.78 is 5.08. The minimum absolute atomic E-state index is 0.323. The third-order valence-electron chi connectivity index (χ3n) is 2.18. The van der Waals surface area contributed by atoms with Crippen LogP contribution < -0.4 is 5.73 Å². The van der Waals surface area contributed by atoms with Gasteiger partial charge in [-0.1, -0.05) is 0 Å². The summed E-state index contributed by atoms with van der Waals surface area (Å²) >= 11 is 0. The SMILES string of the molecule is CC(CCN)(C(=O)O)c1ccco1. The van der Waals surface area contributed by atoms with Crippen molar-refractivity contribution in [3.63, 3.8) is 0 Å². The Hall–Kier alpha value is -1.29. The first-order valence-electron chi connectivity index (χ1n) is 4.08. The smallest absolute Gasteiger partial charge is 0.317 e. The standard InChI is InChI=1S/C9H13NO3/c1-9(4-5-10,8(11)12)7-3-2-6-13-7/h2-3,6H,4-5,10H2,1H3,(H,11,12). The molecule has 0 saturated heterocycles. The van der Waals surface area contributed by atoms with Crippen molar-refractivity contribution in [3.8, 4) is 0 Å². The number of aliphatic carboxylic acids is 1. The Kier molecular flexibility index (Phi) is 2.72. The van der Waals surface area contributed by atoms with Crippen LogP contribution in [0.3, 0.4) is 0 Å². The third kappa shape index (κ3) is 1.72. The van der Waals surface area contributed by atoms with Gasteiger partial charge in [0.25, 0.3) is 0 Å². The molecule has 0 radical (unpaired) electrons. The summed E-state index contributed by atoms with van der Waals surface area (Å²) in [5.41, 5.74) is 4.35. The van der Waals surface area contributed by atoms with E-state index in [1.807, 2.05) is 0 Å². The van der Waals surface area contributed by atoms with Crippen molar-refractivity contribution >= 4 is 5.97 Å². The molecule has 0 aliphatic carbocycles. The number of hydrogen-bond donors (Lipinski definition) is 2. The van der Waals surface area contributed by atoms with Gasteiger partial charge < -0.3 is 15.3 Å². The van der Waals surface area contributed by atoms with Gasteiger partial charge in [-0.2, -0.15) is 0 Å². The molecular formula is C9H13NO3. The molecule has 13 heavy (non-hydrogen) atoms. The zero-order valence-corrected chi connectivity index (χ0v) is 7.49. The molecule has 1 heterocycles. The number of hydrogen-bond acceptors (Lipinski definition) is 3. The van der Waals surface area contributed by atoms with Gasteiger partial charge in [-0.05, 0) is 32.0 Å². The van der Waals surface area contributed by atoms with E-state index in [-0.39, 0.29) is 0 Å². The molecule has 1 atom stereocenters. The summed E-state index contributed by atoms with van der Waals surface area (Å²) in [4.78, 5) is 11.0. The molecule has 1 aromatic rings. The average Bonchev–Trinajstić information content (AvgIpc) is 2.56. The number of nitrogens with two attached hydrogens (primary N) is 1. The molecule has 1 unspecified atom stereocenters. The second-order valence-corrected chi connectivity index (χ2v) is 3.15. The zero-order chi connectivity index (χ0) is 9.90. The van der Waals surface area contributed by atoms with Crippen molar-refractivity contribution in [1.29, 1.82) is 0 Å². The topological polar surface area (TPSA) is 76.5 Å². The van der Waals surface area contributed by atoms with Crippen LogP contribution in [0, 0.1) is 0 Å². The molecular weight excluding hydrogens is 170 g/mol. The summed E-state index contributed by atoms with van der Waals surface area (Å²) in [6.07, 6.45) is 1.84. The van der Waals surface area contributed by atoms with Gasteiger partial charge in [0.05, 0.1) is 6.26 Å². The van der Waals surface area contributed by atoms with Crippen LogP contribution in [-0.2, 0) is 10.2 Å². The maximum Gasteiger partial charge on any atom is 0.317 e. The van der Waals surface area contributed by atoms with Gasteiger partial charge in [-0.15, -0.1) is 0 Å². The lowest BCUT2D eigenvalue weighted by atomic mass is 9.84. The predicted molar refractivity (Wildman–Crippen MR) is 47.4 cm³/mol. The highest BCUT2D eigenvalue weighted by molar-refractivity contribution is 5.79. The highest BCUT2D eigenvalue weighted by Gasteiger charge is 2.36. The molecule has 72 valence electrons. The van der Waals surface area contributed by atoms with Gasteiger partial charge in [-0.25, -0.2) is 0 Å². The number of carboxylic acids is 1. The van der Waals surface area contributed by atoms with E-state index >= 15 is 0 Å². The first-order valence-corrected chi connectivity index (χ1v) is 4.08. The van der Waals surface area contributed by atoms with Gasteiger partial charge in [-0.3, -0.25) is 4.79 Å². The number of carbonyl (C=O) groups is 1. The van der Waals surface area contributed by atoms with E-state index in [9.17, 15) is 4.79 Å². The molecule has 3 N–H and O–H groups in total. The molecule has 1 aromatic heterocycles. The van der Waals surface area contributed by atoms with Gasteiger partial charge in [0, 0.05) is 0 Å². The van der Waals surface area contributed by atoms with Gasteiger partial charge >= 0.3 is 5.97 Å². The van der Waals surface area contributed by atoms with Gasteiger partial charge in [0.15, 0.2) is 0 Å². The first-order chi connectivity index (χ1) is 6.11. The van der Waals surface area contributed by atoms with Crippen molar-refractivity contribution in [1.82, 2.24) is 0 Å². The van der Waals surface area contributed by atoms with Crippen molar-refractivity contribution in [3.05, 3.63) is 24.2 Å². The minimum atomic E-state index is -1.00. The fourth-order valence-corrected chi connectivity index (χ4v) is 1.22. The highest BCUT2D eigenvalue weighted by Crippen LogP contribution is 2.27. The minimum Gasteiger partial charge on any atom is -0.480 e. The summed E-state index contributed by atoms with van der Waals surface area (Å²) in [5, 5.41) is 9.02. The number of carboxylic acid groups (broad SMARTS) is 1. The number of rotatable bonds is 4. The van der Waals surface area contributed by atoms with Crippen molar-refractivity contribution in [2.75, 3.05) is 6.54 Å². The van der Waals surface area contributed by atoms with Crippen molar-refractivity contribution < 1.29 is 14.3 Å². The van der Waals surface area contributed by atoms with E-state index in [2.05, 4.69) is 0 Å². The molecule has 0 aliphatic heterocycles. The summed E-state index contributed by atoms with van der Waals surface area (Å²) in [7, 11) is 0. The fourth-order valence-electron chi connectivity index (χ4n) is 1.22. The fraction of sp³-hybridized carbons (Fsp3) is 0.444. The molecule has 0 spiro atoms. The van der Waals surface area contributed by atoms with Crippen LogP contribution in [0.2, 0.25) is 0 Å². The molecule has 0 fully saturated rings. The van der Waals surface area contributed by atoms with Crippen LogP contribution in [-0.4, -0.2) is 17.6 Å². The van der Waals surface area contributed by atoms with Crippen molar-refractivity contribution in [2.45, 2.75) is 18.8 Å². The summed E-state index contributed by atoms with van der Waals surface area (Å²) in [6, 6.07) is 3.33. The molecule has 0 saturated carbocycles. The predicted octanol–water partition coefficient (Wildman–Crippen LogP) is 0.971. The first kappa shape index (κ1) is 9.80. The van der Waals surface area contributed by atoms with E-state index in [0.717, 1.165) is 0 Å². The second-order valence-electron chi connectivity index (χ2n) is 3.15. The Bertz CT molecular complexity index is 281. The lowest BCUT2D eigenvalue weighted by Crippen LogP contribution is -2.34. The Morgan fingerprint density at radius 2 is 2.46 bits per heavy atom. The van der Waals surface area contributed by atoms with E-state index in [0.29, 0.717) is 18.7 Å². The van der Waals surface area contributed by atoms with Gasteiger partial charge in [0.2, 0.25) is 0 Å². The maximum absolute atomic E-state index is 11.0. The van der Waals surface area contributed by atoms with Crippen molar-refractivity contribution in [2.24, 2.45) is 5.73 Å². The molecule has 4 heteroatoms. The lowest BCUT2D eigenvalue weighted by Gasteiger charge is -2.20. The van der Waals surface area contributed by atoms with Gasteiger partial charge in [0.1, 0.15) is 11.2 Å². The van der Waals surface area contributed by atoms with E-state index in [4.69, 9.17) is 15.3 Å². The molecule has 0 aliphatic rings. The van der Waals surface area contributed by atoms with Crippen LogP contribution in [0.5, 0.6) is 0 Å². The Balaban J connectivity index is 2.98. The lowest BCUT2D eigenvalue weighted by molar-refractivity contribution is -0.144. The second kappa shape index (κ2) is 3.62. The van der Waals surface area contributed by atoms with E-state index < -0.39 is 11.4 Å². The summed E-state index contributed by atoms with van der Waals surface area (Å²) in [5.74, 6) is -0.460. The average molecular weight is 183 g/mol. The molecule has 1 rings (SSSR count). The Morgan fingerprint density at radius 1 is 1.77 bits per heavy atom. The normalized spacial score (nSPS) is 15.2. The third-order valence-corrected chi connectivity index (χ3v) is 2.18. The largest absolute Gasteiger partial charge is 0.480 e. The van der Waals surface area contributed by atoms with Crippen LogP contribution in [0.25, 0.3) is 0 Å².